The van der Waals surface area contributed by atoms with Crippen LogP contribution < -0.4 is 0 Å². The van der Waals surface area contributed by atoms with Gasteiger partial charge in [0, 0.05) is 13.0 Å². The van der Waals surface area contributed by atoms with Crippen molar-refractivity contribution in [3.63, 3.8) is 0 Å². The summed E-state index contributed by atoms with van der Waals surface area (Å²) < 4.78 is 0. The number of aliphatic hydroxyl groups excluding tert-OH is 1. The monoisotopic (exact) mass is 466 g/mol. The van der Waals surface area contributed by atoms with Crippen LogP contribution in [0.4, 0.5) is 0 Å². The maximum atomic E-state index is 10.4. The van der Waals surface area contributed by atoms with Crippen LogP contribution in [0.2, 0.25) is 0 Å². The van der Waals surface area contributed by atoms with E-state index in [2.05, 4.69) is 12.2 Å². The lowest BCUT2D eigenvalue weighted by molar-refractivity contribution is -0.137. The molecule has 0 amide bonds. The Hall–Kier alpha value is -0.830. The summed E-state index contributed by atoms with van der Waals surface area (Å²) in [4.78, 5) is 10.4. The normalized spacial score (nSPS) is 11.5. The lowest BCUT2D eigenvalue weighted by Crippen LogP contribution is -1.92. The van der Waals surface area contributed by atoms with Gasteiger partial charge in [-0.2, -0.15) is 0 Å². The van der Waals surface area contributed by atoms with E-state index in [0.29, 0.717) is 13.0 Å². The summed E-state index contributed by atoms with van der Waals surface area (Å²) in [5.41, 5.74) is 0. The Balaban J connectivity index is 3.06. The minimum absolute atomic E-state index is 0.308. The summed E-state index contributed by atoms with van der Waals surface area (Å²) in [5.74, 6) is -0.677. The highest BCUT2D eigenvalue weighted by molar-refractivity contribution is 5.66. The van der Waals surface area contributed by atoms with Crippen molar-refractivity contribution in [3.05, 3.63) is 12.2 Å². The Kier molecular flexibility index (Phi) is 28.5. The van der Waals surface area contributed by atoms with Crippen LogP contribution in [0.3, 0.4) is 0 Å². The molecule has 0 aromatic carbocycles. The van der Waals surface area contributed by atoms with Crippen LogP contribution in [0, 0.1) is 0 Å². The number of hydrogen-bond acceptors (Lipinski definition) is 2. The van der Waals surface area contributed by atoms with Crippen molar-refractivity contribution in [2.45, 2.75) is 167 Å². The first-order valence-corrected chi connectivity index (χ1v) is 14.7. The molecule has 33 heavy (non-hydrogen) atoms. The fourth-order valence-electron chi connectivity index (χ4n) is 4.51. The van der Waals surface area contributed by atoms with E-state index in [1.54, 1.807) is 0 Å². The third kappa shape index (κ3) is 31.2. The number of aliphatic carboxylic acids is 1. The second-order valence-electron chi connectivity index (χ2n) is 10.0. The van der Waals surface area contributed by atoms with Gasteiger partial charge in [0.25, 0.3) is 0 Å². The average molecular weight is 467 g/mol. The molecule has 0 aromatic heterocycles. The molecular formula is C30H58O3. The van der Waals surface area contributed by atoms with E-state index in [9.17, 15) is 4.79 Å². The standard InChI is InChI=1S/C30H58O3/c31-29-27-25-23-21-19-17-15-13-11-9-7-5-3-1-2-4-6-8-10-12-14-16-18-20-22-24-26-28-30(32)33/h18,20,31H,1-17,19,21-29H2,(H,32,33). The molecule has 0 saturated heterocycles. The van der Waals surface area contributed by atoms with Gasteiger partial charge in [-0.15, -0.1) is 0 Å². The lowest BCUT2D eigenvalue weighted by Gasteiger charge is -2.04. The third-order valence-corrected chi connectivity index (χ3v) is 6.71. The van der Waals surface area contributed by atoms with Crippen LogP contribution in [-0.2, 0) is 4.79 Å². The maximum Gasteiger partial charge on any atom is 0.303 e. The third-order valence-electron chi connectivity index (χ3n) is 6.71. The Bertz CT molecular complexity index is 405. The lowest BCUT2D eigenvalue weighted by atomic mass is 10.0. The summed E-state index contributed by atoms with van der Waals surface area (Å²) in [6.45, 7) is 0.363. The molecule has 0 aliphatic rings. The molecule has 0 heterocycles. The van der Waals surface area contributed by atoms with E-state index in [0.717, 1.165) is 25.7 Å². The number of allylic oxidation sites excluding steroid dienone is 2. The summed E-state index contributed by atoms with van der Waals surface area (Å²) in [6, 6.07) is 0. The predicted molar refractivity (Wildman–Crippen MR) is 144 cm³/mol. The Morgan fingerprint density at radius 2 is 0.697 bits per heavy atom. The quantitative estimate of drug-likeness (QED) is 0.0890. The zero-order valence-electron chi connectivity index (χ0n) is 22.0. The van der Waals surface area contributed by atoms with E-state index in [-0.39, 0.29) is 0 Å². The predicted octanol–water partition coefficient (Wildman–Crippen LogP) is 9.76. The largest absolute Gasteiger partial charge is 0.481 e. The van der Waals surface area contributed by atoms with E-state index < -0.39 is 5.97 Å². The average Bonchev–Trinajstić information content (AvgIpc) is 2.80. The summed E-state index contributed by atoms with van der Waals surface area (Å²) in [5, 5.41) is 17.3. The van der Waals surface area contributed by atoms with Gasteiger partial charge in [-0.3, -0.25) is 4.79 Å². The molecule has 0 aliphatic carbocycles. The number of carbonyl (C=O) groups is 1. The van der Waals surface area contributed by atoms with E-state index in [4.69, 9.17) is 10.2 Å². The molecule has 0 saturated carbocycles. The van der Waals surface area contributed by atoms with Crippen molar-refractivity contribution in [3.8, 4) is 0 Å². The number of carboxylic acid groups (broad SMARTS) is 1. The van der Waals surface area contributed by atoms with Crippen LogP contribution in [0.25, 0.3) is 0 Å². The van der Waals surface area contributed by atoms with Gasteiger partial charge in [-0.05, 0) is 38.5 Å². The van der Waals surface area contributed by atoms with Crippen molar-refractivity contribution in [1.29, 1.82) is 0 Å². The van der Waals surface area contributed by atoms with Crippen molar-refractivity contribution in [2.75, 3.05) is 6.61 Å². The molecule has 0 bridgehead atoms. The van der Waals surface area contributed by atoms with Crippen LogP contribution in [0.1, 0.15) is 167 Å². The van der Waals surface area contributed by atoms with Gasteiger partial charge in [0.1, 0.15) is 0 Å². The first-order chi connectivity index (χ1) is 16.3. The topological polar surface area (TPSA) is 57.5 Å². The van der Waals surface area contributed by atoms with Crippen molar-refractivity contribution < 1.29 is 15.0 Å². The van der Waals surface area contributed by atoms with Crippen LogP contribution in [0.15, 0.2) is 12.2 Å². The zero-order chi connectivity index (χ0) is 24.1. The molecule has 0 fully saturated rings. The van der Waals surface area contributed by atoms with Gasteiger partial charge in [0.2, 0.25) is 0 Å². The van der Waals surface area contributed by atoms with Crippen molar-refractivity contribution in [1.82, 2.24) is 0 Å². The van der Waals surface area contributed by atoms with Crippen LogP contribution in [-0.4, -0.2) is 22.8 Å². The molecule has 0 aliphatic heterocycles. The molecular weight excluding hydrogens is 408 g/mol. The smallest absolute Gasteiger partial charge is 0.303 e. The number of aliphatic hydroxyl groups is 1. The minimum atomic E-state index is -0.677. The van der Waals surface area contributed by atoms with Gasteiger partial charge in [-0.1, -0.05) is 134 Å². The number of unbranched alkanes of at least 4 members (excludes halogenated alkanes) is 23. The van der Waals surface area contributed by atoms with Gasteiger partial charge in [0.05, 0.1) is 0 Å². The highest BCUT2D eigenvalue weighted by Crippen LogP contribution is 2.15. The second-order valence-corrected chi connectivity index (χ2v) is 10.0. The molecule has 0 radical (unpaired) electrons. The molecule has 0 spiro atoms. The molecule has 196 valence electrons. The maximum absolute atomic E-state index is 10.4. The highest BCUT2D eigenvalue weighted by atomic mass is 16.4. The van der Waals surface area contributed by atoms with Crippen LogP contribution >= 0.6 is 0 Å². The summed E-state index contributed by atoms with van der Waals surface area (Å²) >= 11 is 0. The van der Waals surface area contributed by atoms with E-state index >= 15 is 0 Å². The van der Waals surface area contributed by atoms with Crippen molar-refractivity contribution in [2.24, 2.45) is 0 Å². The minimum Gasteiger partial charge on any atom is -0.481 e. The first-order valence-electron chi connectivity index (χ1n) is 14.7. The molecule has 2 N–H and O–H groups in total. The van der Waals surface area contributed by atoms with Gasteiger partial charge in [-0.25, -0.2) is 0 Å². The SMILES string of the molecule is O=C(O)CCCCC=CCCCCCCCCCCCCCCCCCCCCCCCO. The Morgan fingerprint density at radius 1 is 0.424 bits per heavy atom. The Morgan fingerprint density at radius 3 is 1.00 bits per heavy atom. The van der Waals surface area contributed by atoms with E-state index in [1.807, 2.05) is 0 Å². The Labute approximate surface area is 206 Å². The molecule has 0 aromatic rings. The van der Waals surface area contributed by atoms with Crippen LogP contribution in [0.5, 0.6) is 0 Å². The molecule has 3 heteroatoms. The molecule has 3 nitrogen and oxygen atoms in total. The van der Waals surface area contributed by atoms with Gasteiger partial charge >= 0.3 is 5.97 Å². The fourth-order valence-corrected chi connectivity index (χ4v) is 4.51. The molecule has 0 atom stereocenters. The number of rotatable bonds is 28. The molecule has 0 rings (SSSR count). The van der Waals surface area contributed by atoms with E-state index in [1.165, 1.54) is 135 Å². The summed E-state index contributed by atoms with van der Waals surface area (Å²) in [6.07, 6.45) is 37.7. The molecule has 0 unspecified atom stereocenters. The summed E-state index contributed by atoms with van der Waals surface area (Å²) in [7, 11) is 0. The van der Waals surface area contributed by atoms with Crippen molar-refractivity contribution >= 4 is 5.97 Å². The first kappa shape index (κ1) is 32.2. The second kappa shape index (κ2) is 29.2. The zero-order valence-corrected chi connectivity index (χ0v) is 22.0. The number of hydrogen-bond donors (Lipinski definition) is 2. The highest BCUT2D eigenvalue weighted by Gasteiger charge is 1.96. The van der Waals surface area contributed by atoms with Gasteiger partial charge in [0.15, 0.2) is 0 Å². The number of carboxylic acids is 1. The fraction of sp³-hybridized carbons (Fsp3) is 0.900. The van der Waals surface area contributed by atoms with Gasteiger partial charge < -0.3 is 10.2 Å².